The molecule has 1 amide bonds. The van der Waals surface area contributed by atoms with E-state index in [4.69, 9.17) is 16.3 Å². The summed E-state index contributed by atoms with van der Waals surface area (Å²) in [7, 11) is 0. The number of nitrogens with zero attached hydrogens (tertiary/aromatic N) is 2. The van der Waals surface area contributed by atoms with Crippen molar-refractivity contribution in [3.05, 3.63) is 63.9 Å². The number of fused-ring (bicyclic) bond motifs is 1. The Hall–Kier alpha value is -2.87. The van der Waals surface area contributed by atoms with E-state index in [1.54, 1.807) is 18.2 Å². The molecular weight excluding hydrogens is 490 g/mol. The highest BCUT2D eigenvalue weighted by Crippen LogP contribution is 2.27. The van der Waals surface area contributed by atoms with E-state index in [1.807, 2.05) is 51.1 Å². The number of benzene rings is 2. The first-order valence-corrected chi connectivity index (χ1v) is 13.3. The second-order valence-corrected chi connectivity index (χ2v) is 10.9. The number of carbonyl (C=O) groups is 1. The molecule has 0 saturated carbocycles. The predicted molar refractivity (Wildman–Crippen MR) is 148 cm³/mol. The molecule has 1 aliphatic rings. The van der Waals surface area contributed by atoms with Crippen LogP contribution < -0.4 is 15.6 Å². The highest BCUT2D eigenvalue weighted by atomic mass is 35.5. The SMILES string of the molecule is CC(C)NC(=O)Cn1c(-c2cccc(Cl)c2)cc2ccc(OCCCN3CCC(C)(O)CC3)cc2c1=O. The first kappa shape index (κ1) is 27.2. The van der Waals surface area contributed by atoms with Gasteiger partial charge in [0, 0.05) is 30.7 Å². The van der Waals surface area contributed by atoms with Crippen LogP contribution >= 0.6 is 11.6 Å². The average molecular weight is 526 g/mol. The van der Waals surface area contributed by atoms with Gasteiger partial charge in [0.15, 0.2) is 0 Å². The van der Waals surface area contributed by atoms with Crippen molar-refractivity contribution in [2.75, 3.05) is 26.2 Å². The lowest BCUT2D eigenvalue weighted by atomic mass is 9.94. The quantitative estimate of drug-likeness (QED) is 0.403. The molecule has 0 aliphatic carbocycles. The molecule has 0 bridgehead atoms. The maximum Gasteiger partial charge on any atom is 0.259 e. The fourth-order valence-electron chi connectivity index (χ4n) is 4.71. The number of aliphatic hydroxyl groups is 1. The third-order valence-corrected chi connectivity index (χ3v) is 7.01. The third kappa shape index (κ3) is 7.12. The molecule has 2 N–H and O–H groups in total. The van der Waals surface area contributed by atoms with Crippen LogP contribution in [0.1, 0.15) is 40.0 Å². The molecule has 37 heavy (non-hydrogen) atoms. The van der Waals surface area contributed by atoms with Crippen molar-refractivity contribution < 1.29 is 14.6 Å². The van der Waals surface area contributed by atoms with Gasteiger partial charge in [0.1, 0.15) is 12.3 Å². The molecule has 1 aromatic heterocycles. The van der Waals surface area contributed by atoms with Gasteiger partial charge in [-0.1, -0.05) is 29.8 Å². The lowest BCUT2D eigenvalue weighted by Crippen LogP contribution is -2.42. The summed E-state index contributed by atoms with van der Waals surface area (Å²) in [5.41, 5.74) is 0.598. The Bertz CT molecular complexity index is 1310. The number of carbonyl (C=O) groups excluding carboxylic acids is 1. The first-order valence-electron chi connectivity index (χ1n) is 12.9. The van der Waals surface area contributed by atoms with Crippen LogP contribution in [0.25, 0.3) is 22.0 Å². The van der Waals surface area contributed by atoms with Gasteiger partial charge in [-0.3, -0.25) is 14.2 Å². The number of piperidine rings is 1. The molecule has 0 unspecified atom stereocenters. The van der Waals surface area contributed by atoms with Gasteiger partial charge < -0.3 is 20.1 Å². The Labute approximate surface area is 223 Å². The number of rotatable bonds is 9. The number of halogens is 1. The maximum absolute atomic E-state index is 13.6. The summed E-state index contributed by atoms with van der Waals surface area (Å²) in [6.45, 7) is 8.80. The molecule has 2 aromatic carbocycles. The van der Waals surface area contributed by atoms with Crippen molar-refractivity contribution in [1.82, 2.24) is 14.8 Å². The van der Waals surface area contributed by atoms with Gasteiger partial charge in [0.05, 0.1) is 23.3 Å². The average Bonchev–Trinajstić information content (AvgIpc) is 2.84. The second-order valence-electron chi connectivity index (χ2n) is 10.4. The van der Waals surface area contributed by atoms with Crippen molar-refractivity contribution in [3.8, 4) is 17.0 Å². The van der Waals surface area contributed by atoms with E-state index in [0.29, 0.717) is 28.5 Å². The van der Waals surface area contributed by atoms with Gasteiger partial charge in [-0.25, -0.2) is 0 Å². The monoisotopic (exact) mass is 525 g/mol. The Morgan fingerprint density at radius 1 is 1.16 bits per heavy atom. The lowest BCUT2D eigenvalue weighted by molar-refractivity contribution is -0.122. The van der Waals surface area contributed by atoms with E-state index in [2.05, 4.69) is 10.2 Å². The summed E-state index contributed by atoms with van der Waals surface area (Å²) in [5.74, 6) is 0.395. The van der Waals surface area contributed by atoms with Crippen LogP contribution in [0, 0.1) is 0 Å². The minimum Gasteiger partial charge on any atom is -0.494 e. The van der Waals surface area contributed by atoms with Crippen LogP contribution in [0.5, 0.6) is 5.75 Å². The molecule has 1 aliphatic heterocycles. The Balaban J connectivity index is 1.54. The maximum atomic E-state index is 13.6. The standard InChI is InChI=1S/C29H36ClN3O4/c1-20(2)31-27(34)19-33-26(22-6-4-7-23(30)16-22)17-21-8-9-24(18-25(21)28(33)35)37-15-5-12-32-13-10-29(3,36)11-14-32/h4,6-9,16-18,20,36H,5,10-15,19H2,1-3H3,(H,31,34). The summed E-state index contributed by atoms with van der Waals surface area (Å²) < 4.78 is 7.49. The van der Waals surface area contributed by atoms with Crippen molar-refractivity contribution in [1.29, 1.82) is 0 Å². The molecule has 1 fully saturated rings. The zero-order valence-electron chi connectivity index (χ0n) is 21.8. The molecular formula is C29H36ClN3O4. The van der Waals surface area contributed by atoms with Crippen molar-refractivity contribution >= 4 is 28.3 Å². The van der Waals surface area contributed by atoms with Gasteiger partial charge >= 0.3 is 0 Å². The minimum atomic E-state index is -0.549. The Morgan fingerprint density at radius 3 is 2.62 bits per heavy atom. The van der Waals surface area contributed by atoms with Crippen LogP contribution in [-0.4, -0.2) is 58.4 Å². The van der Waals surface area contributed by atoms with Crippen LogP contribution in [-0.2, 0) is 11.3 Å². The van der Waals surface area contributed by atoms with Gasteiger partial charge in [-0.2, -0.15) is 0 Å². The number of aromatic nitrogens is 1. The number of ether oxygens (including phenoxy) is 1. The van der Waals surface area contributed by atoms with Crippen molar-refractivity contribution in [2.24, 2.45) is 0 Å². The van der Waals surface area contributed by atoms with E-state index in [1.165, 1.54) is 4.57 Å². The third-order valence-electron chi connectivity index (χ3n) is 6.78. The molecule has 0 radical (unpaired) electrons. The van der Waals surface area contributed by atoms with Gasteiger partial charge in [-0.15, -0.1) is 0 Å². The van der Waals surface area contributed by atoms with Crippen LogP contribution in [0.2, 0.25) is 5.02 Å². The number of pyridine rings is 1. The predicted octanol–water partition coefficient (Wildman–Crippen LogP) is 4.46. The largest absolute Gasteiger partial charge is 0.494 e. The first-order chi connectivity index (χ1) is 17.6. The summed E-state index contributed by atoms with van der Waals surface area (Å²) >= 11 is 6.23. The molecule has 4 rings (SSSR count). The van der Waals surface area contributed by atoms with Crippen molar-refractivity contribution in [2.45, 2.75) is 58.2 Å². The van der Waals surface area contributed by atoms with E-state index in [0.717, 1.165) is 49.8 Å². The number of nitrogens with one attached hydrogen (secondary N) is 1. The van der Waals surface area contributed by atoms with E-state index >= 15 is 0 Å². The van der Waals surface area contributed by atoms with Crippen LogP contribution in [0.4, 0.5) is 0 Å². The number of likely N-dealkylation sites (tertiary alicyclic amines) is 1. The zero-order chi connectivity index (χ0) is 26.6. The molecule has 198 valence electrons. The number of hydrogen-bond donors (Lipinski definition) is 2. The molecule has 8 heteroatoms. The van der Waals surface area contributed by atoms with Gasteiger partial charge in [0.25, 0.3) is 5.56 Å². The smallest absolute Gasteiger partial charge is 0.259 e. The fraction of sp³-hybridized carbons (Fsp3) is 0.448. The van der Waals surface area contributed by atoms with Gasteiger partial charge in [0.2, 0.25) is 5.91 Å². The van der Waals surface area contributed by atoms with Crippen LogP contribution in [0.3, 0.4) is 0 Å². The molecule has 0 spiro atoms. The van der Waals surface area contributed by atoms with Crippen LogP contribution in [0.15, 0.2) is 53.3 Å². The number of amides is 1. The summed E-state index contributed by atoms with van der Waals surface area (Å²) in [5, 5.41) is 14.8. The highest BCUT2D eigenvalue weighted by Gasteiger charge is 2.26. The Morgan fingerprint density at radius 2 is 1.92 bits per heavy atom. The molecule has 3 aromatic rings. The molecule has 1 saturated heterocycles. The zero-order valence-corrected chi connectivity index (χ0v) is 22.6. The lowest BCUT2D eigenvalue weighted by Gasteiger charge is -2.35. The number of hydrogen-bond acceptors (Lipinski definition) is 5. The second kappa shape index (κ2) is 11.7. The van der Waals surface area contributed by atoms with Gasteiger partial charge in [-0.05, 0) is 81.3 Å². The topological polar surface area (TPSA) is 83.8 Å². The normalized spacial score (nSPS) is 15.7. The summed E-state index contributed by atoms with van der Waals surface area (Å²) in [6.07, 6.45) is 2.43. The van der Waals surface area contributed by atoms with E-state index in [-0.39, 0.29) is 24.1 Å². The van der Waals surface area contributed by atoms with E-state index in [9.17, 15) is 14.7 Å². The molecule has 2 heterocycles. The molecule has 0 atom stereocenters. The summed E-state index contributed by atoms with van der Waals surface area (Å²) in [6, 6.07) is 14.7. The highest BCUT2D eigenvalue weighted by molar-refractivity contribution is 6.30. The molecule has 7 nitrogen and oxygen atoms in total. The fourth-order valence-corrected chi connectivity index (χ4v) is 4.90. The van der Waals surface area contributed by atoms with E-state index < -0.39 is 5.60 Å². The minimum absolute atomic E-state index is 0.0311. The van der Waals surface area contributed by atoms with Crippen molar-refractivity contribution in [3.63, 3.8) is 0 Å². The summed E-state index contributed by atoms with van der Waals surface area (Å²) in [4.78, 5) is 28.6. The Kier molecular flexibility index (Phi) is 8.57.